The number of hydrogen-bond donors (Lipinski definition) is 2. The van der Waals surface area contributed by atoms with E-state index in [1.54, 1.807) is 42.5 Å². The van der Waals surface area contributed by atoms with Crippen molar-refractivity contribution in [2.24, 2.45) is 0 Å². The number of nitrogens with zero attached hydrogens (tertiary/aromatic N) is 1. The average molecular weight is 448 g/mol. The molecule has 33 heavy (non-hydrogen) atoms. The van der Waals surface area contributed by atoms with Crippen LogP contribution in [-0.4, -0.2) is 29.0 Å². The van der Waals surface area contributed by atoms with Gasteiger partial charge in [0.1, 0.15) is 0 Å². The lowest BCUT2D eigenvalue weighted by molar-refractivity contribution is -0.385. The summed E-state index contributed by atoms with van der Waals surface area (Å²) >= 11 is 0. The van der Waals surface area contributed by atoms with Crippen molar-refractivity contribution in [1.29, 1.82) is 0 Å². The lowest BCUT2D eigenvalue weighted by Gasteiger charge is -2.41. The fraction of sp³-hybridized carbons (Fsp3) is 0.167. The first-order valence-electron chi connectivity index (χ1n) is 9.99. The van der Waals surface area contributed by atoms with Gasteiger partial charge in [-0.25, -0.2) is 4.79 Å². The van der Waals surface area contributed by atoms with Gasteiger partial charge in [-0.2, -0.15) is 0 Å². The summed E-state index contributed by atoms with van der Waals surface area (Å²) in [6.45, 7) is -0.162. The topological polar surface area (TPSA) is 128 Å². The van der Waals surface area contributed by atoms with E-state index in [0.717, 1.165) is 13.2 Å². The molecule has 3 aromatic rings. The minimum absolute atomic E-state index is 0.126. The number of methoxy groups -OCH3 is 1. The number of fused-ring (bicyclic) bond motifs is 1. The van der Waals surface area contributed by atoms with Crippen molar-refractivity contribution in [3.8, 4) is 0 Å². The largest absolute Gasteiger partial charge is 0.467 e. The number of nitrogens with one attached hydrogen (secondary N) is 1. The molecule has 4 rings (SSSR count). The lowest BCUT2D eigenvalue weighted by Crippen LogP contribution is -2.60. The van der Waals surface area contributed by atoms with Gasteiger partial charge in [-0.3, -0.25) is 14.9 Å². The molecular formula is C24H20N2O7. The van der Waals surface area contributed by atoms with E-state index in [-0.39, 0.29) is 29.1 Å². The maximum absolute atomic E-state index is 13.4. The third kappa shape index (κ3) is 3.43. The lowest BCUT2D eigenvalue weighted by atomic mass is 9.73. The Morgan fingerprint density at radius 3 is 2.33 bits per heavy atom. The van der Waals surface area contributed by atoms with Crippen LogP contribution in [0.3, 0.4) is 0 Å². The first-order chi connectivity index (χ1) is 15.8. The normalized spacial score (nSPS) is 18.7. The Morgan fingerprint density at radius 2 is 1.73 bits per heavy atom. The Hall–Kier alpha value is -4.08. The maximum atomic E-state index is 13.4. The van der Waals surface area contributed by atoms with Crippen LogP contribution >= 0.6 is 0 Å². The predicted molar refractivity (Wildman–Crippen MR) is 117 cm³/mol. The first-order valence-corrected chi connectivity index (χ1v) is 9.99. The number of nitro groups is 1. The summed E-state index contributed by atoms with van der Waals surface area (Å²) < 4.78 is 11.2. The van der Waals surface area contributed by atoms with E-state index >= 15 is 0 Å². The van der Waals surface area contributed by atoms with Gasteiger partial charge in [-0.15, -0.1) is 0 Å². The molecule has 0 saturated heterocycles. The molecule has 0 spiro atoms. The zero-order valence-corrected chi connectivity index (χ0v) is 17.6. The monoisotopic (exact) mass is 448 g/mol. The van der Waals surface area contributed by atoms with Gasteiger partial charge in [-0.05, 0) is 17.2 Å². The van der Waals surface area contributed by atoms with E-state index in [1.165, 1.54) is 24.3 Å². The number of benzene rings is 3. The summed E-state index contributed by atoms with van der Waals surface area (Å²) in [5.74, 6) is -2.01. The number of carbonyl (C=O) groups is 2. The number of esters is 1. The molecule has 0 radical (unpaired) electrons. The first kappa shape index (κ1) is 22.1. The fourth-order valence-corrected chi connectivity index (χ4v) is 4.04. The quantitative estimate of drug-likeness (QED) is 0.323. The van der Waals surface area contributed by atoms with Gasteiger partial charge >= 0.3 is 5.97 Å². The second kappa shape index (κ2) is 8.45. The number of anilines is 1. The van der Waals surface area contributed by atoms with Crippen molar-refractivity contribution < 1.29 is 29.1 Å². The second-order valence-electron chi connectivity index (χ2n) is 7.46. The van der Waals surface area contributed by atoms with Gasteiger partial charge in [0.2, 0.25) is 11.2 Å². The van der Waals surface area contributed by atoms with Crippen LogP contribution in [0.4, 0.5) is 11.4 Å². The molecule has 2 N–H and O–H groups in total. The summed E-state index contributed by atoms with van der Waals surface area (Å²) in [6.07, 6.45) is 0. The Bertz CT molecular complexity index is 1220. The second-order valence-corrected chi connectivity index (χ2v) is 7.46. The van der Waals surface area contributed by atoms with Crippen molar-refractivity contribution in [2.45, 2.75) is 17.8 Å². The molecule has 9 heteroatoms. The van der Waals surface area contributed by atoms with Gasteiger partial charge in [0.25, 0.3) is 11.6 Å². The van der Waals surface area contributed by atoms with Gasteiger partial charge < -0.3 is 19.9 Å². The molecular weight excluding hydrogens is 428 g/mol. The highest BCUT2D eigenvalue weighted by atomic mass is 16.6. The number of non-ortho nitro benzene ring substituents is 1. The summed E-state index contributed by atoms with van der Waals surface area (Å²) in [4.78, 5) is 37.4. The van der Waals surface area contributed by atoms with E-state index in [0.29, 0.717) is 5.56 Å². The molecule has 0 unspecified atom stereocenters. The zero-order valence-electron chi connectivity index (χ0n) is 17.6. The number of nitro benzene ring substituents is 1. The molecule has 0 fully saturated rings. The van der Waals surface area contributed by atoms with Gasteiger partial charge in [0, 0.05) is 23.4 Å². The molecule has 9 nitrogen and oxygen atoms in total. The molecule has 0 aromatic heterocycles. The average Bonchev–Trinajstić information content (AvgIpc) is 3.10. The molecule has 1 amide bonds. The number of amides is 1. The number of aliphatic hydroxyl groups is 1. The van der Waals surface area contributed by atoms with Crippen LogP contribution in [0.5, 0.6) is 0 Å². The van der Waals surface area contributed by atoms with Crippen molar-refractivity contribution >= 4 is 23.3 Å². The Morgan fingerprint density at radius 1 is 1.09 bits per heavy atom. The number of carbonyl (C=O) groups excluding carboxylic acids is 2. The van der Waals surface area contributed by atoms with E-state index in [9.17, 15) is 24.8 Å². The Labute approximate surface area is 188 Å². The van der Waals surface area contributed by atoms with Crippen LogP contribution in [0.15, 0.2) is 78.9 Å². The van der Waals surface area contributed by atoms with E-state index in [2.05, 4.69) is 5.32 Å². The molecule has 0 aliphatic carbocycles. The van der Waals surface area contributed by atoms with Crippen molar-refractivity contribution in [3.05, 3.63) is 106 Å². The van der Waals surface area contributed by atoms with E-state index < -0.39 is 28.0 Å². The zero-order chi connectivity index (χ0) is 23.6. The summed E-state index contributed by atoms with van der Waals surface area (Å²) in [6, 6.07) is 20.4. The summed E-state index contributed by atoms with van der Waals surface area (Å²) in [7, 11) is 1.11. The minimum atomic E-state index is -2.67. The number of hydrogen-bond acceptors (Lipinski definition) is 7. The minimum Gasteiger partial charge on any atom is -0.467 e. The van der Waals surface area contributed by atoms with Crippen molar-refractivity contribution in [3.63, 3.8) is 0 Å². The Balaban J connectivity index is 1.98. The smallest absolute Gasteiger partial charge is 0.346 e. The van der Waals surface area contributed by atoms with Crippen LogP contribution in [0.2, 0.25) is 0 Å². The third-order valence-electron chi connectivity index (χ3n) is 5.64. The van der Waals surface area contributed by atoms with Gasteiger partial charge in [0.15, 0.2) is 0 Å². The van der Waals surface area contributed by atoms with Crippen LogP contribution in [0.25, 0.3) is 0 Å². The van der Waals surface area contributed by atoms with Gasteiger partial charge in [-0.1, -0.05) is 60.7 Å². The standard InChI is InChI=1S/C24H20N2O7/c1-32-22(28)24(17-10-6-3-7-11-17,33-15-16-8-4-2-5-9-16)23(29)19-14-18(26(30)31)12-13-20(19)25-21(23)27/h2-14,29H,15H2,1H3,(H,25,27)/t23-,24+/m1/s1. The maximum Gasteiger partial charge on any atom is 0.346 e. The highest BCUT2D eigenvalue weighted by Gasteiger charge is 2.68. The predicted octanol–water partition coefficient (Wildman–Crippen LogP) is 3.02. The molecule has 3 aromatic carbocycles. The van der Waals surface area contributed by atoms with Crippen LogP contribution in [-0.2, 0) is 36.9 Å². The molecule has 1 aliphatic rings. The third-order valence-corrected chi connectivity index (χ3v) is 5.64. The summed E-state index contributed by atoms with van der Waals surface area (Å²) in [5, 5.41) is 25.9. The number of rotatable bonds is 7. The van der Waals surface area contributed by atoms with Gasteiger partial charge in [0.05, 0.1) is 18.6 Å². The highest BCUT2D eigenvalue weighted by molar-refractivity contribution is 6.09. The van der Waals surface area contributed by atoms with E-state index in [4.69, 9.17) is 9.47 Å². The SMILES string of the molecule is COC(=O)[C@@](OCc1ccccc1)(c1ccccc1)[C@]1(O)C(=O)Nc2ccc([N+](=O)[O-])cc21. The van der Waals surface area contributed by atoms with Crippen LogP contribution in [0.1, 0.15) is 16.7 Å². The molecule has 0 saturated carbocycles. The van der Waals surface area contributed by atoms with Crippen molar-refractivity contribution in [1.82, 2.24) is 0 Å². The fourth-order valence-electron chi connectivity index (χ4n) is 4.04. The van der Waals surface area contributed by atoms with Crippen molar-refractivity contribution in [2.75, 3.05) is 12.4 Å². The molecule has 1 aliphatic heterocycles. The highest BCUT2D eigenvalue weighted by Crippen LogP contribution is 2.51. The Kier molecular flexibility index (Phi) is 5.67. The molecule has 1 heterocycles. The van der Waals surface area contributed by atoms with E-state index in [1.807, 2.05) is 6.07 Å². The number of ether oxygens (including phenoxy) is 2. The van der Waals surface area contributed by atoms with Crippen LogP contribution in [0, 0.1) is 10.1 Å². The van der Waals surface area contributed by atoms with Crippen LogP contribution < -0.4 is 5.32 Å². The molecule has 168 valence electrons. The molecule has 2 atom stereocenters. The molecule has 0 bridgehead atoms. The summed E-state index contributed by atoms with van der Waals surface area (Å²) in [5.41, 5.74) is -4.63.